The smallest absolute Gasteiger partial charge is 0.338 e. The van der Waals surface area contributed by atoms with Gasteiger partial charge < -0.3 is 10.1 Å². The van der Waals surface area contributed by atoms with Crippen molar-refractivity contribution in [2.24, 2.45) is 0 Å². The van der Waals surface area contributed by atoms with Gasteiger partial charge in [-0.3, -0.25) is 0 Å². The molecule has 0 radical (unpaired) electrons. The third-order valence-electron chi connectivity index (χ3n) is 1.74. The normalized spacial score (nSPS) is 9.21. The molecule has 0 saturated carbocycles. The minimum atomic E-state index is -0.326. The molecule has 0 aliphatic heterocycles. The van der Waals surface area contributed by atoms with Crippen LogP contribution in [0.15, 0.2) is 36.9 Å². The second kappa shape index (κ2) is 5.07. The van der Waals surface area contributed by atoms with Crippen LogP contribution in [0.2, 0.25) is 0 Å². The average Bonchev–Trinajstić information content (AvgIpc) is 2.26. The van der Waals surface area contributed by atoms with Crippen LogP contribution in [0.3, 0.4) is 0 Å². The fourth-order valence-electron chi connectivity index (χ4n) is 0.991. The molecule has 0 atom stereocenters. The van der Waals surface area contributed by atoms with E-state index >= 15 is 0 Å². The first-order valence-corrected chi connectivity index (χ1v) is 4.33. The Labute approximate surface area is 83.4 Å². The van der Waals surface area contributed by atoms with Gasteiger partial charge in [0.05, 0.1) is 5.56 Å². The predicted octanol–water partition coefficient (Wildman–Crippen LogP) is 2.07. The van der Waals surface area contributed by atoms with Gasteiger partial charge in [-0.05, 0) is 24.3 Å². The lowest BCUT2D eigenvalue weighted by Gasteiger charge is -2.03. The van der Waals surface area contributed by atoms with Crippen molar-refractivity contribution in [2.45, 2.75) is 0 Å². The van der Waals surface area contributed by atoms with Gasteiger partial charge in [0, 0.05) is 12.7 Å². The predicted molar refractivity (Wildman–Crippen MR) is 56.5 cm³/mol. The number of benzene rings is 1. The summed E-state index contributed by atoms with van der Waals surface area (Å²) in [6.07, 6.45) is 1.54. The number of rotatable bonds is 4. The lowest BCUT2D eigenvalue weighted by atomic mass is 10.2. The minimum Gasteiger partial charge on any atom is -0.458 e. The zero-order valence-electron chi connectivity index (χ0n) is 8.12. The van der Waals surface area contributed by atoms with Gasteiger partial charge in [0.2, 0.25) is 0 Å². The van der Waals surface area contributed by atoms with Crippen molar-refractivity contribution >= 4 is 11.7 Å². The van der Waals surface area contributed by atoms with Crippen LogP contribution in [0.1, 0.15) is 10.4 Å². The van der Waals surface area contributed by atoms with Crippen molar-refractivity contribution in [3.8, 4) is 0 Å². The van der Waals surface area contributed by atoms with Gasteiger partial charge in [-0.25, -0.2) is 4.79 Å². The highest BCUT2D eigenvalue weighted by Gasteiger charge is 2.04. The summed E-state index contributed by atoms with van der Waals surface area (Å²) in [5.74, 6) is -0.326. The molecule has 1 aromatic carbocycles. The summed E-state index contributed by atoms with van der Waals surface area (Å²) >= 11 is 0. The van der Waals surface area contributed by atoms with Gasteiger partial charge in [0.1, 0.15) is 6.61 Å². The largest absolute Gasteiger partial charge is 0.458 e. The topological polar surface area (TPSA) is 38.3 Å². The molecule has 0 fully saturated rings. The average molecular weight is 191 g/mol. The van der Waals surface area contributed by atoms with Gasteiger partial charge in [-0.2, -0.15) is 0 Å². The van der Waals surface area contributed by atoms with E-state index in [1.54, 1.807) is 18.2 Å². The van der Waals surface area contributed by atoms with Gasteiger partial charge >= 0.3 is 5.97 Å². The van der Waals surface area contributed by atoms with Crippen molar-refractivity contribution in [1.29, 1.82) is 0 Å². The van der Waals surface area contributed by atoms with Gasteiger partial charge in [0.15, 0.2) is 0 Å². The minimum absolute atomic E-state index is 0.243. The standard InChI is InChI=1S/C11H13NO2/c1-3-8-14-11(13)9-4-6-10(12-2)7-5-9/h3-7,12H,1,8H2,2H3. The molecule has 74 valence electrons. The van der Waals surface area contributed by atoms with Crippen molar-refractivity contribution in [1.82, 2.24) is 0 Å². The van der Waals surface area contributed by atoms with E-state index in [9.17, 15) is 4.79 Å². The lowest BCUT2D eigenvalue weighted by molar-refractivity contribution is 0.0550. The fourth-order valence-corrected chi connectivity index (χ4v) is 0.991. The molecule has 0 unspecified atom stereocenters. The Morgan fingerprint density at radius 2 is 2.14 bits per heavy atom. The molecule has 0 aromatic heterocycles. The summed E-state index contributed by atoms with van der Waals surface area (Å²) in [5.41, 5.74) is 1.51. The second-order valence-electron chi connectivity index (χ2n) is 2.71. The quantitative estimate of drug-likeness (QED) is 0.585. The Kier molecular flexibility index (Phi) is 3.73. The van der Waals surface area contributed by atoms with E-state index in [1.165, 1.54) is 0 Å². The summed E-state index contributed by atoms with van der Waals surface area (Å²) in [4.78, 5) is 11.3. The third kappa shape index (κ3) is 2.62. The van der Waals surface area contributed by atoms with Crippen LogP contribution in [0, 0.1) is 0 Å². The Hall–Kier alpha value is -1.77. The first kappa shape index (κ1) is 10.3. The van der Waals surface area contributed by atoms with Crippen LogP contribution in [0.4, 0.5) is 5.69 Å². The van der Waals surface area contributed by atoms with E-state index in [-0.39, 0.29) is 12.6 Å². The van der Waals surface area contributed by atoms with E-state index in [0.717, 1.165) is 5.69 Å². The van der Waals surface area contributed by atoms with E-state index in [1.807, 2.05) is 19.2 Å². The van der Waals surface area contributed by atoms with Crippen molar-refractivity contribution < 1.29 is 9.53 Å². The van der Waals surface area contributed by atoms with Crippen molar-refractivity contribution in [2.75, 3.05) is 19.0 Å². The molecule has 3 heteroatoms. The van der Waals surface area contributed by atoms with Gasteiger partial charge in [-0.15, -0.1) is 0 Å². The Balaban J connectivity index is 2.66. The maximum Gasteiger partial charge on any atom is 0.338 e. The highest BCUT2D eigenvalue weighted by molar-refractivity contribution is 5.89. The van der Waals surface area contributed by atoms with E-state index in [4.69, 9.17) is 4.74 Å². The molecule has 14 heavy (non-hydrogen) atoms. The first-order chi connectivity index (χ1) is 6.77. The summed E-state index contributed by atoms with van der Waals surface area (Å²) in [6.45, 7) is 3.71. The number of carbonyl (C=O) groups is 1. The van der Waals surface area contributed by atoms with Crippen molar-refractivity contribution in [3.63, 3.8) is 0 Å². The maximum absolute atomic E-state index is 11.3. The Bertz CT molecular complexity index is 317. The molecule has 0 aliphatic carbocycles. The molecule has 0 bridgehead atoms. The zero-order chi connectivity index (χ0) is 10.4. The molecule has 0 aliphatic rings. The number of esters is 1. The van der Waals surface area contributed by atoms with Gasteiger partial charge in [0.25, 0.3) is 0 Å². The van der Waals surface area contributed by atoms with Crippen LogP contribution in [0.25, 0.3) is 0 Å². The van der Waals surface area contributed by atoms with E-state index in [2.05, 4.69) is 11.9 Å². The molecule has 0 amide bonds. The van der Waals surface area contributed by atoms with E-state index in [0.29, 0.717) is 5.56 Å². The summed E-state index contributed by atoms with van der Waals surface area (Å²) in [7, 11) is 1.82. The molecule has 0 saturated heterocycles. The number of anilines is 1. The monoisotopic (exact) mass is 191 g/mol. The molecule has 0 heterocycles. The number of nitrogens with one attached hydrogen (secondary N) is 1. The highest BCUT2D eigenvalue weighted by Crippen LogP contribution is 2.09. The zero-order valence-corrected chi connectivity index (χ0v) is 8.12. The molecule has 1 N–H and O–H groups in total. The van der Waals surface area contributed by atoms with Crippen LogP contribution in [-0.2, 0) is 4.74 Å². The van der Waals surface area contributed by atoms with E-state index < -0.39 is 0 Å². The van der Waals surface area contributed by atoms with Crippen molar-refractivity contribution in [3.05, 3.63) is 42.5 Å². The highest BCUT2D eigenvalue weighted by atomic mass is 16.5. The maximum atomic E-state index is 11.3. The molecular weight excluding hydrogens is 178 g/mol. The van der Waals surface area contributed by atoms with Crippen LogP contribution < -0.4 is 5.32 Å². The lowest BCUT2D eigenvalue weighted by Crippen LogP contribution is -2.04. The summed E-state index contributed by atoms with van der Waals surface area (Å²) < 4.78 is 4.87. The van der Waals surface area contributed by atoms with Crippen LogP contribution >= 0.6 is 0 Å². The number of hydrogen-bond acceptors (Lipinski definition) is 3. The summed E-state index contributed by atoms with van der Waals surface area (Å²) in [6, 6.07) is 7.09. The number of ether oxygens (including phenoxy) is 1. The summed E-state index contributed by atoms with van der Waals surface area (Å²) in [5, 5.41) is 2.97. The fraction of sp³-hybridized carbons (Fsp3) is 0.182. The second-order valence-corrected chi connectivity index (χ2v) is 2.71. The molecule has 0 spiro atoms. The molecule has 1 rings (SSSR count). The number of hydrogen-bond donors (Lipinski definition) is 1. The van der Waals surface area contributed by atoms with Gasteiger partial charge in [-0.1, -0.05) is 12.7 Å². The number of carbonyl (C=O) groups excluding carboxylic acids is 1. The van der Waals surface area contributed by atoms with Crippen LogP contribution in [-0.4, -0.2) is 19.6 Å². The molecular formula is C11H13NO2. The first-order valence-electron chi connectivity index (χ1n) is 4.33. The molecule has 1 aromatic rings. The van der Waals surface area contributed by atoms with Crippen LogP contribution in [0.5, 0.6) is 0 Å². The Morgan fingerprint density at radius 3 is 2.64 bits per heavy atom. The third-order valence-corrected chi connectivity index (χ3v) is 1.74. The Morgan fingerprint density at radius 1 is 1.50 bits per heavy atom. The SMILES string of the molecule is C=CCOC(=O)c1ccc(NC)cc1. The molecule has 3 nitrogen and oxygen atoms in total.